The summed E-state index contributed by atoms with van der Waals surface area (Å²) in [4.78, 5) is 0. The molecule has 1 rings (SSSR count). The molecular formula is C11H18O2. The summed E-state index contributed by atoms with van der Waals surface area (Å²) in [6.07, 6.45) is 4.30. The van der Waals surface area contributed by atoms with Crippen molar-refractivity contribution in [3.05, 3.63) is 24.2 Å². The van der Waals surface area contributed by atoms with Crippen molar-refractivity contribution >= 4 is 0 Å². The van der Waals surface area contributed by atoms with Crippen LogP contribution in [0.4, 0.5) is 0 Å². The molecule has 2 heteroatoms. The monoisotopic (exact) mass is 182 g/mol. The van der Waals surface area contributed by atoms with Crippen LogP contribution in [0, 0.1) is 5.92 Å². The Bertz CT molecular complexity index is 216. The van der Waals surface area contributed by atoms with Crippen molar-refractivity contribution in [2.75, 3.05) is 0 Å². The lowest BCUT2D eigenvalue weighted by molar-refractivity contribution is 0.121. The molecule has 1 aromatic rings. The average molecular weight is 182 g/mol. The van der Waals surface area contributed by atoms with Gasteiger partial charge in [-0.2, -0.15) is 0 Å². The minimum Gasteiger partial charge on any atom is -0.467 e. The third kappa shape index (κ3) is 3.23. The summed E-state index contributed by atoms with van der Waals surface area (Å²) in [6.45, 7) is 4.32. The van der Waals surface area contributed by atoms with Crippen LogP contribution in [0.15, 0.2) is 22.8 Å². The third-order valence-electron chi connectivity index (χ3n) is 2.28. The van der Waals surface area contributed by atoms with Gasteiger partial charge in [0.15, 0.2) is 0 Å². The smallest absolute Gasteiger partial charge is 0.132 e. The van der Waals surface area contributed by atoms with Crippen molar-refractivity contribution in [1.29, 1.82) is 0 Å². The van der Waals surface area contributed by atoms with Crippen LogP contribution >= 0.6 is 0 Å². The molecule has 1 N–H and O–H groups in total. The summed E-state index contributed by atoms with van der Waals surface area (Å²) in [6, 6.07) is 3.63. The summed E-state index contributed by atoms with van der Waals surface area (Å²) >= 11 is 0. The molecule has 0 aromatic carbocycles. The molecule has 0 radical (unpaired) electrons. The first-order valence-electron chi connectivity index (χ1n) is 4.95. The first-order valence-corrected chi connectivity index (χ1v) is 4.95. The van der Waals surface area contributed by atoms with E-state index in [-0.39, 0.29) is 0 Å². The SMILES string of the molecule is CCCC(C)CC(O)c1ccco1. The highest BCUT2D eigenvalue weighted by molar-refractivity contribution is 5.01. The number of aliphatic hydroxyl groups excluding tert-OH is 1. The number of furan rings is 1. The van der Waals surface area contributed by atoms with Crippen molar-refractivity contribution in [1.82, 2.24) is 0 Å². The van der Waals surface area contributed by atoms with Gasteiger partial charge in [0.2, 0.25) is 0 Å². The van der Waals surface area contributed by atoms with E-state index in [0.717, 1.165) is 12.8 Å². The van der Waals surface area contributed by atoms with Gasteiger partial charge in [-0.1, -0.05) is 26.7 Å². The van der Waals surface area contributed by atoms with Gasteiger partial charge >= 0.3 is 0 Å². The molecule has 1 heterocycles. The van der Waals surface area contributed by atoms with E-state index in [0.29, 0.717) is 11.7 Å². The molecule has 0 aliphatic heterocycles. The zero-order chi connectivity index (χ0) is 9.68. The van der Waals surface area contributed by atoms with E-state index >= 15 is 0 Å². The van der Waals surface area contributed by atoms with Crippen molar-refractivity contribution in [2.45, 2.75) is 39.2 Å². The fourth-order valence-corrected chi connectivity index (χ4v) is 1.59. The quantitative estimate of drug-likeness (QED) is 0.758. The Balaban J connectivity index is 2.37. The van der Waals surface area contributed by atoms with E-state index in [9.17, 15) is 5.11 Å². The van der Waals surface area contributed by atoms with Gasteiger partial charge in [-0.3, -0.25) is 0 Å². The molecule has 0 saturated carbocycles. The predicted octanol–water partition coefficient (Wildman–Crippen LogP) is 3.14. The van der Waals surface area contributed by atoms with Gasteiger partial charge < -0.3 is 9.52 Å². The Hall–Kier alpha value is -0.760. The summed E-state index contributed by atoms with van der Waals surface area (Å²) in [7, 11) is 0. The highest BCUT2D eigenvalue weighted by atomic mass is 16.4. The Labute approximate surface area is 79.6 Å². The molecule has 2 nitrogen and oxygen atoms in total. The Morgan fingerprint density at radius 1 is 1.54 bits per heavy atom. The zero-order valence-electron chi connectivity index (χ0n) is 8.36. The lowest BCUT2D eigenvalue weighted by atomic mass is 9.98. The molecule has 2 atom stereocenters. The molecule has 13 heavy (non-hydrogen) atoms. The van der Waals surface area contributed by atoms with Gasteiger partial charge in [0.25, 0.3) is 0 Å². The van der Waals surface area contributed by atoms with Crippen LogP contribution < -0.4 is 0 Å². The van der Waals surface area contributed by atoms with Crippen LogP contribution in [-0.2, 0) is 0 Å². The van der Waals surface area contributed by atoms with Crippen LogP contribution in [0.25, 0.3) is 0 Å². The topological polar surface area (TPSA) is 33.4 Å². The molecule has 74 valence electrons. The molecule has 1 aromatic heterocycles. The van der Waals surface area contributed by atoms with Gasteiger partial charge in [0.05, 0.1) is 6.26 Å². The van der Waals surface area contributed by atoms with E-state index < -0.39 is 6.10 Å². The lowest BCUT2D eigenvalue weighted by Gasteiger charge is -2.13. The molecule has 0 saturated heterocycles. The Kier molecular flexibility index (Phi) is 4.03. The maximum absolute atomic E-state index is 9.71. The zero-order valence-corrected chi connectivity index (χ0v) is 8.36. The van der Waals surface area contributed by atoms with Crippen LogP contribution in [0.3, 0.4) is 0 Å². The average Bonchev–Trinajstić information content (AvgIpc) is 2.55. The standard InChI is InChI=1S/C11H18O2/c1-3-5-9(2)8-10(12)11-6-4-7-13-11/h4,6-7,9-10,12H,3,5,8H2,1-2H3. The predicted molar refractivity (Wildman–Crippen MR) is 52.4 cm³/mol. The fraction of sp³-hybridized carbons (Fsp3) is 0.636. The Morgan fingerprint density at radius 3 is 2.85 bits per heavy atom. The van der Waals surface area contributed by atoms with E-state index in [1.807, 2.05) is 12.1 Å². The largest absolute Gasteiger partial charge is 0.467 e. The summed E-state index contributed by atoms with van der Waals surface area (Å²) in [5.74, 6) is 1.24. The second kappa shape index (κ2) is 5.07. The molecule has 2 unspecified atom stereocenters. The molecular weight excluding hydrogens is 164 g/mol. The molecule has 0 aliphatic rings. The van der Waals surface area contributed by atoms with Crippen molar-refractivity contribution in [2.24, 2.45) is 5.92 Å². The summed E-state index contributed by atoms with van der Waals surface area (Å²) in [5, 5.41) is 9.71. The maximum atomic E-state index is 9.71. The first-order chi connectivity index (χ1) is 6.24. The molecule has 0 bridgehead atoms. The highest BCUT2D eigenvalue weighted by Gasteiger charge is 2.13. The van der Waals surface area contributed by atoms with E-state index in [1.54, 1.807) is 6.26 Å². The third-order valence-corrected chi connectivity index (χ3v) is 2.28. The summed E-state index contributed by atoms with van der Waals surface area (Å²) < 4.78 is 5.12. The van der Waals surface area contributed by atoms with E-state index in [1.165, 1.54) is 6.42 Å². The van der Waals surface area contributed by atoms with Gasteiger partial charge in [-0.05, 0) is 24.5 Å². The van der Waals surface area contributed by atoms with Gasteiger partial charge in [-0.25, -0.2) is 0 Å². The molecule has 0 amide bonds. The van der Waals surface area contributed by atoms with E-state index in [2.05, 4.69) is 13.8 Å². The second-order valence-electron chi connectivity index (χ2n) is 3.66. The number of hydrogen-bond donors (Lipinski definition) is 1. The number of aliphatic hydroxyl groups is 1. The van der Waals surface area contributed by atoms with Crippen LogP contribution in [0.1, 0.15) is 45.0 Å². The normalized spacial score (nSPS) is 15.6. The lowest BCUT2D eigenvalue weighted by Crippen LogP contribution is -2.03. The van der Waals surface area contributed by atoms with Crippen LogP contribution in [0.5, 0.6) is 0 Å². The van der Waals surface area contributed by atoms with Crippen molar-refractivity contribution in [3.8, 4) is 0 Å². The van der Waals surface area contributed by atoms with Gasteiger partial charge in [-0.15, -0.1) is 0 Å². The molecule has 0 spiro atoms. The van der Waals surface area contributed by atoms with Crippen molar-refractivity contribution < 1.29 is 9.52 Å². The van der Waals surface area contributed by atoms with E-state index in [4.69, 9.17) is 4.42 Å². The van der Waals surface area contributed by atoms with Crippen LogP contribution in [-0.4, -0.2) is 5.11 Å². The van der Waals surface area contributed by atoms with Gasteiger partial charge in [0.1, 0.15) is 11.9 Å². The minimum atomic E-state index is -0.434. The number of hydrogen-bond acceptors (Lipinski definition) is 2. The Morgan fingerprint density at radius 2 is 2.31 bits per heavy atom. The minimum absolute atomic E-state index is 0.434. The number of rotatable bonds is 5. The van der Waals surface area contributed by atoms with Gasteiger partial charge in [0, 0.05) is 0 Å². The second-order valence-corrected chi connectivity index (χ2v) is 3.66. The molecule has 0 fully saturated rings. The van der Waals surface area contributed by atoms with Crippen LogP contribution in [0.2, 0.25) is 0 Å². The maximum Gasteiger partial charge on any atom is 0.132 e. The first kappa shape index (κ1) is 10.3. The molecule has 0 aliphatic carbocycles. The summed E-state index contributed by atoms with van der Waals surface area (Å²) in [5.41, 5.74) is 0. The highest BCUT2D eigenvalue weighted by Crippen LogP contribution is 2.23. The van der Waals surface area contributed by atoms with Crippen molar-refractivity contribution in [3.63, 3.8) is 0 Å². The fourth-order valence-electron chi connectivity index (χ4n) is 1.59.